The highest BCUT2D eigenvalue weighted by molar-refractivity contribution is 5.81. The van der Waals surface area contributed by atoms with E-state index in [0.29, 0.717) is 12.5 Å². The molecule has 1 fully saturated rings. The largest absolute Gasteiger partial charge is 0.481 e. The monoisotopic (exact) mass is 304 g/mol. The summed E-state index contributed by atoms with van der Waals surface area (Å²) >= 11 is 0. The van der Waals surface area contributed by atoms with Gasteiger partial charge in [-0.2, -0.15) is 0 Å². The Morgan fingerprint density at radius 2 is 2.14 bits per heavy atom. The molecule has 1 aliphatic heterocycles. The summed E-state index contributed by atoms with van der Waals surface area (Å²) in [5.74, 6) is 1.25. The predicted octanol–water partition coefficient (Wildman–Crippen LogP) is 2.77. The summed E-state index contributed by atoms with van der Waals surface area (Å²) in [6, 6.07) is 7.98. The van der Waals surface area contributed by atoms with Gasteiger partial charge < -0.3 is 15.4 Å². The lowest BCUT2D eigenvalue weighted by Crippen LogP contribution is -2.41. The number of rotatable bonds is 5. The first-order chi connectivity index (χ1) is 10.3. The number of ether oxygens (including phenoxy) is 1. The average Bonchev–Trinajstić information content (AvgIpc) is 2.90. The average molecular weight is 304 g/mol. The number of hydrogen-bond acceptors (Lipinski definition) is 3. The van der Waals surface area contributed by atoms with Crippen molar-refractivity contribution < 1.29 is 9.53 Å². The highest BCUT2D eigenvalue weighted by Gasteiger charge is 2.36. The minimum Gasteiger partial charge on any atom is -0.481 e. The van der Waals surface area contributed by atoms with Crippen LogP contribution < -0.4 is 10.5 Å². The van der Waals surface area contributed by atoms with Gasteiger partial charge in [-0.25, -0.2) is 0 Å². The van der Waals surface area contributed by atoms with Crippen LogP contribution in [0.15, 0.2) is 24.3 Å². The molecule has 1 aromatic carbocycles. The van der Waals surface area contributed by atoms with E-state index in [0.717, 1.165) is 25.3 Å². The van der Waals surface area contributed by atoms with Crippen molar-refractivity contribution in [3.8, 4) is 5.75 Å². The number of likely N-dealkylation sites (tertiary alicyclic amines) is 1. The first-order valence-electron chi connectivity index (χ1n) is 8.10. The van der Waals surface area contributed by atoms with Crippen LogP contribution >= 0.6 is 0 Å². The molecule has 4 nitrogen and oxygen atoms in total. The van der Waals surface area contributed by atoms with E-state index in [1.54, 1.807) is 0 Å². The predicted molar refractivity (Wildman–Crippen MR) is 89.0 cm³/mol. The topological polar surface area (TPSA) is 55.6 Å². The summed E-state index contributed by atoms with van der Waals surface area (Å²) in [4.78, 5) is 14.4. The lowest BCUT2D eigenvalue weighted by Gasteiger charge is -2.25. The second-order valence-electron chi connectivity index (χ2n) is 7.01. The van der Waals surface area contributed by atoms with Crippen molar-refractivity contribution in [3.05, 3.63) is 29.8 Å². The van der Waals surface area contributed by atoms with Crippen LogP contribution in [0.2, 0.25) is 0 Å². The Morgan fingerprint density at radius 3 is 2.73 bits per heavy atom. The molecule has 2 rings (SSSR count). The molecule has 0 aliphatic carbocycles. The highest BCUT2D eigenvalue weighted by Crippen LogP contribution is 2.29. The molecular formula is C18H28N2O2. The standard InChI is InChI=1S/C18H28N2O2/c1-13(2)15-6-5-7-16(10-15)22-14(3)17(21)20-9-8-18(4,11-19)12-20/h5-7,10,13-14H,8-9,11-12,19H2,1-4H3. The van der Waals surface area contributed by atoms with E-state index < -0.39 is 6.10 Å². The third-order valence-corrected chi connectivity index (χ3v) is 4.55. The molecule has 0 spiro atoms. The van der Waals surface area contributed by atoms with E-state index in [2.05, 4.69) is 26.8 Å². The van der Waals surface area contributed by atoms with Gasteiger partial charge in [0.25, 0.3) is 5.91 Å². The van der Waals surface area contributed by atoms with Crippen LogP contribution in [0.3, 0.4) is 0 Å². The van der Waals surface area contributed by atoms with Crippen LogP contribution in [0.5, 0.6) is 5.75 Å². The maximum Gasteiger partial charge on any atom is 0.263 e. The van der Waals surface area contributed by atoms with Crippen molar-refractivity contribution in [1.29, 1.82) is 0 Å². The van der Waals surface area contributed by atoms with E-state index in [-0.39, 0.29) is 11.3 Å². The number of amides is 1. The van der Waals surface area contributed by atoms with E-state index in [1.807, 2.05) is 30.0 Å². The van der Waals surface area contributed by atoms with Gasteiger partial charge in [0.15, 0.2) is 6.10 Å². The second-order valence-corrected chi connectivity index (χ2v) is 7.01. The quantitative estimate of drug-likeness (QED) is 0.910. The van der Waals surface area contributed by atoms with Crippen molar-refractivity contribution in [2.24, 2.45) is 11.1 Å². The van der Waals surface area contributed by atoms with Gasteiger partial charge in [-0.1, -0.05) is 32.9 Å². The fraction of sp³-hybridized carbons (Fsp3) is 0.611. The molecule has 1 heterocycles. The number of benzene rings is 1. The Balaban J connectivity index is 1.99. The zero-order valence-corrected chi connectivity index (χ0v) is 14.1. The van der Waals surface area contributed by atoms with E-state index >= 15 is 0 Å². The second kappa shape index (κ2) is 6.69. The number of nitrogens with two attached hydrogens (primary N) is 1. The van der Waals surface area contributed by atoms with Gasteiger partial charge in [-0.05, 0) is 48.9 Å². The first kappa shape index (κ1) is 16.8. The fourth-order valence-corrected chi connectivity index (χ4v) is 2.84. The lowest BCUT2D eigenvalue weighted by atomic mass is 9.90. The molecule has 0 aromatic heterocycles. The van der Waals surface area contributed by atoms with Crippen LogP contribution in [0.4, 0.5) is 0 Å². The van der Waals surface area contributed by atoms with Gasteiger partial charge >= 0.3 is 0 Å². The van der Waals surface area contributed by atoms with Gasteiger partial charge in [-0.15, -0.1) is 0 Å². The molecule has 1 saturated heterocycles. The maximum atomic E-state index is 12.5. The van der Waals surface area contributed by atoms with Crippen LogP contribution in [0.1, 0.15) is 45.6 Å². The Labute approximate surface area is 133 Å². The number of hydrogen-bond donors (Lipinski definition) is 1. The molecule has 0 bridgehead atoms. The summed E-state index contributed by atoms with van der Waals surface area (Å²) in [5.41, 5.74) is 7.07. The van der Waals surface area contributed by atoms with Crippen molar-refractivity contribution in [2.75, 3.05) is 19.6 Å². The Kier molecular flexibility index (Phi) is 5.12. The molecule has 1 amide bonds. The minimum absolute atomic E-state index is 0.0483. The zero-order chi connectivity index (χ0) is 16.3. The Hall–Kier alpha value is -1.55. The molecule has 122 valence electrons. The van der Waals surface area contributed by atoms with Gasteiger partial charge in [0.2, 0.25) is 0 Å². The minimum atomic E-state index is -0.470. The van der Waals surface area contributed by atoms with Gasteiger partial charge in [0.05, 0.1) is 0 Å². The summed E-state index contributed by atoms with van der Waals surface area (Å²) in [6.45, 7) is 10.4. The maximum absolute atomic E-state index is 12.5. The molecule has 0 saturated carbocycles. The van der Waals surface area contributed by atoms with Crippen molar-refractivity contribution in [1.82, 2.24) is 4.90 Å². The summed E-state index contributed by atoms with van der Waals surface area (Å²) in [7, 11) is 0. The highest BCUT2D eigenvalue weighted by atomic mass is 16.5. The SMILES string of the molecule is CC(Oc1cccc(C(C)C)c1)C(=O)N1CCC(C)(CN)C1. The normalized spacial score (nSPS) is 22.9. The molecule has 2 atom stereocenters. The third-order valence-electron chi connectivity index (χ3n) is 4.55. The van der Waals surface area contributed by atoms with Crippen molar-refractivity contribution >= 4 is 5.91 Å². The van der Waals surface area contributed by atoms with Crippen molar-refractivity contribution in [2.45, 2.75) is 46.1 Å². The Bertz CT molecular complexity index is 530. The lowest BCUT2D eigenvalue weighted by molar-refractivity contribution is -0.137. The van der Waals surface area contributed by atoms with Crippen LogP contribution in [0.25, 0.3) is 0 Å². The molecule has 0 radical (unpaired) electrons. The Morgan fingerprint density at radius 1 is 1.41 bits per heavy atom. The van der Waals surface area contributed by atoms with Crippen LogP contribution in [-0.2, 0) is 4.79 Å². The van der Waals surface area contributed by atoms with Gasteiger partial charge in [0.1, 0.15) is 5.75 Å². The molecule has 2 unspecified atom stereocenters. The smallest absolute Gasteiger partial charge is 0.263 e. The van der Waals surface area contributed by atoms with Crippen LogP contribution in [0, 0.1) is 5.41 Å². The van der Waals surface area contributed by atoms with Crippen LogP contribution in [-0.4, -0.2) is 36.5 Å². The van der Waals surface area contributed by atoms with E-state index in [1.165, 1.54) is 5.56 Å². The van der Waals surface area contributed by atoms with Gasteiger partial charge in [0, 0.05) is 13.1 Å². The van der Waals surface area contributed by atoms with E-state index in [4.69, 9.17) is 10.5 Å². The summed E-state index contributed by atoms with van der Waals surface area (Å²) in [6.07, 6.45) is 0.493. The molecule has 22 heavy (non-hydrogen) atoms. The molecule has 4 heteroatoms. The number of carbonyl (C=O) groups is 1. The van der Waals surface area contributed by atoms with Crippen molar-refractivity contribution in [3.63, 3.8) is 0 Å². The van der Waals surface area contributed by atoms with E-state index in [9.17, 15) is 4.79 Å². The molecule has 1 aliphatic rings. The molecule has 2 N–H and O–H groups in total. The zero-order valence-electron chi connectivity index (χ0n) is 14.1. The first-order valence-corrected chi connectivity index (χ1v) is 8.10. The number of nitrogens with zero attached hydrogens (tertiary/aromatic N) is 1. The summed E-state index contributed by atoms with van der Waals surface area (Å²) in [5, 5.41) is 0. The molecule has 1 aromatic rings. The fourth-order valence-electron chi connectivity index (χ4n) is 2.84. The summed E-state index contributed by atoms with van der Waals surface area (Å²) < 4.78 is 5.86. The van der Waals surface area contributed by atoms with Gasteiger partial charge in [-0.3, -0.25) is 4.79 Å². The number of carbonyl (C=O) groups excluding carboxylic acids is 1. The molecular weight excluding hydrogens is 276 g/mol. The third kappa shape index (κ3) is 3.80.